The van der Waals surface area contributed by atoms with E-state index in [1.165, 1.54) is 11.1 Å². The van der Waals surface area contributed by atoms with Crippen LogP contribution in [0.25, 0.3) is 10.9 Å². The van der Waals surface area contributed by atoms with Gasteiger partial charge in [-0.05, 0) is 72.1 Å². The second-order valence-electron chi connectivity index (χ2n) is 9.85. The maximum atomic E-state index is 13.9. The first-order valence-electron chi connectivity index (χ1n) is 12.0. The number of aromatic amines is 1. The number of amides is 1. The van der Waals surface area contributed by atoms with E-state index >= 15 is 0 Å². The van der Waals surface area contributed by atoms with E-state index in [0.717, 1.165) is 37.9 Å². The fraction of sp³-hybridized carbons (Fsp3) is 0.241. The van der Waals surface area contributed by atoms with Crippen LogP contribution in [0.4, 0.5) is 5.69 Å². The van der Waals surface area contributed by atoms with Gasteiger partial charge in [0, 0.05) is 27.5 Å². The molecule has 176 valence electrons. The zero-order chi connectivity index (χ0) is 24.4. The molecule has 4 nitrogen and oxygen atoms in total. The van der Waals surface area contributed by atoms with Gasteiger partial charge in [0.1, 0.15) is 6.04 Å². The number of carbonyl (C=O) groups excluding carboxylic acids is 1. The molecular weight excluding hydrogens is 518 g/mol. The van der Waals surface area contributed by atoms with Crippen LogP contribution in [-0.2, 0) is 11.2 Å². The molecule has 0 saturated carbocycles. The third kappa shape index (κ3) is 3.54. The van der Waals surface area contributed by atoms with Gasteiger partial charge in [-0.3, -0.25) is 9.69 Å². The molecule has 1 N–H and O–H groups in total. The zero-order valence-electron chi connectivity index (χ0n) is 19.9. The van der Waals surface area contributed by atoms with Crippen molar-refractivity contribution in [3.63, 3.8) is 0 Å². The smallest absolute Gasteiger partial charge is 0.256 e. The number of carbonyl (C=O) groups is 1. The topological polar surface area (TPSA) is 39.3 Å². The van der Waals surface area contributed by atoms with Crippen LogP contribution in [0.5, 0.6) is 0 Å². The summed E-state index contributed by atoms with van der Waals surface area (Å²) in [5, 5.41) is 1.72. The minimum atomic E-state index is -0.343. The van der Waals surface area contributed by atoms with Crippen molar-refractivity contribution in [2.24, 2.45) is 0 Å². The Bertz CT molecular complexity index is 1470. The molecule has 4 aromatic rings. The molecule has 1 saturated heterocycles. The number of nitrogens with zero attached hydrogens (tertiary/aromatic N) is 2. The van der Waals surface area contributed by atoms with Gasteiger partial charge in [-0.15, -0.1) is 0 Å². The highest BCUT2D eigenvalue weighted by Crippen LogP contribution is 2.45. The van der Waals surface area contributed by atoms with Crippen molar-refractivity contribution in [3.05, 3.63) is 99.2 Å². The summed E-state index contributed by atoms with van der Waals surface area (Å²) in [5.74, 6) is 0.494. The van der Waals surface area contributed by atoms with Crippen LogP contribution in [0, 0.1) is 6.92 Å². The Labute approximate surface area is 219 Å². The number of hydrogen-bond donors (Lipinski definition) is 1. The van der Waals surface area contributed by atoms with Crippen LogP contribution >= 0.6 is 28.1 Å². The minimum Gasteiger partial charge on any atom is -0.356 e. The number of aryl methyl sites for hydroxylation is 1. The van der Waals surface area contributed by atoms with Gasteiger partial charge in [0.2, 0.25) is 0 Å². The van der Waals surface area contributed by atoms with Gasteiger partial charge in [0.15, 0.2) is 5.11 Å². The molecule has 35 heavy (non-hydrogen) atoms. The van der Waals surface area contributed by atoms with Crippen LogP contribution in [0.3, 0.4) is 0 Å². The molecule has 6 rings (SSSR count). The Balaban J connectivity index is 1.53. The van der Waals surface area contributed by atoms with Crippen LogP contribution in [0.1, 0.15) is 53.8 Å². The van der Waals surface area contributed by atoms with E-state index in [-0.39, 0.29) is 18.0 Å². The summed E-state index contributed by atoms with van der Waals surface area (Å²) in [6, 6.07) is 22.6. The summed E-state index contributed by atoms with van der Waals surface area (Å²) in [7, 11) is 0. The number of H-pyrrole nitrogens is 1. The molecule has 2 atom stereocenters. The highest BCUT2D eigenvalue weighted by Gasteiger charge is 2.51. The predicted molar refractivity (Wildman–Crippen MR) is 149 cm³/mol. The summed E-state index contributed by atoms with van der Waals surface area (Å²) in [4.78, 5) is 21.4. The Morgan fingerprint density at radius 2 is 1.74 bits per heavy atom. The highest BCUT2D eigenvalue weighted by molar-refractivity contribution is 9.10. The molecule has 0 bridgehead atoms. The minimum absolute atomic E-state index is 0.0395. The number of fused-ring (bicyclic) bond motifs is 4. The fourth-order valence-electron chi connectivity index (χ4n) is 5.44. The maximum Gasteiger partial charge on any atom is 0.256 e. The first-order chi connectivity index (χ1) is 16.8. The second kappa shape index (κ2) is 8.32. The molecule has 0 spiro atoms. The molecule has 2 aliphatic rings. The number of anilines is 1. The van der Waals surface area contributed by atoms with Gasteiger partial charge in [-0.2, -0.15) is 0 Å². The molecule has 1 amide bonds. The van der Waals surface area contributed by atoms with Crippen molar-refractivity contribution >= 4 is 55.8 Å². The fourth-order valence-corrected chi connectivity index (χ4v) is 6.22. The predicted octanol–water partition coefficient (Wildman–Crippen LogP) is 7.01. The molecular formula is C29H26BrN3OS. The van der Waals surface area contributed by atoms with Gasteiger partial charge in [0.25, 0.3) is 5.91 Å². The molecule has 3 aromatic carbocycles. The van der Waals surface area contributed by atoms with Crippen molar-refractivity contribution in [1.82, 2.24) is 9.88 Å². The lowest BCUT2D eigenvalue weighted by molar-refractivity contribution is -0.120. The largest absolute Gasteiger partial charge is 0.356 e. The van der Waals surface area contributed by atoms with Crippen LogP contribution < -0.4 is 4.90 Å². The number of halogens is 1. The first-order valence-corrected chi connectivity index (χ1v) is 13.2. The number of hydrogen-bond acceptors (Lipinski definition) is 2. The molecule has 1 aromatic heterocycles. The van der Waals surface area contributed by atoms with Crippen LogP contribution in [0.2, 0.25) is 0 Å². The normalized spacial score (nSPS) is 19.6. The lowest BCUT2D eigenvalue weighted by Crippen LogP contribution is -2.44. The number of thiocarbonyl (C=S) groups is 1. The first kappa shape index (κ1) is 22.5. The standard InChI is InChI=1S/C29H26BrN3OS/c1-16(2)18-6-8-19(9-7-18)27-26-23(22-14-20(30)10-13-24(22)31-26)15-25-28(34)32(29(35)33(25)27)21-11-4-17(3)5-12-21/h4-14,16,25,27,31H,15H2,1-3H3. The summed E-state index contributed by atoms with van der Waals surface area (Å²) < 4.78 is 1.03. The third-order valence-electron chi connectivity index (χ3n) is 7.31. The lowest BCUT2D eigenvalue weighted by atomic mass is 9.88. The van der Waals surface area contributed by atoms with Crippen molar-refractivity contribution in [2.75, 3.05) is 4.90 Å². The highest BCUT2D eigenvalue weighted by atomic mass is 79.9. The average Bonchev–Trinajstić information content (AvgIpc) is 3.33. The average molecular weight is 545 g/mol. The van der Waals surface area contributed by atoms with Gasteiger partial charge in [-0.1, -0.05) is 71.7 Å². The van der Waals surface area contributed by atoms with Crippen molar-refractivity contribution in [2.45, 2.75) is 45.2 Å². The lowest BCUT2D eigenvalue weighted by Gasteiger charge is -2.37. The monoisotopic (exact) mass is 543 g/mol. The SMILES string of the molecule is Cc1ccc(N2C(=O)C3Cc4c([nH]c5ccc(Br)cc45)C(c4ccc(C(C)C)cc4)N3C2=S)cc1. The molecule has 6 heteroatoms. The van der Waals surface area contributed by atoms with Gasteiger partial charge < -0.3 is 9.88 Å². The Hall–Kier alpha value is -2.96. The van der Waals surface area contributed by atoms with Crippen molar-refractivity contribution < 1.29 is 4.79 Å². The maximum absolute atomic E-state index is 13.9. The van der Waals surface area contributed by atoms with Gasteiger partial charge in [-0.25, -0.2) is 0 Å². The number of nitrogens with one attached hydrogen (secondary N) is 1. The molecule has 0 aliphatic carbocycles. The Kier molecular flexibility index (Phi) is 5.35. The van der Waals surface area contributed by atoms with Crippen molar-refractivity contribution in [1.29, 1.82) is 0 Å². The Morgan fingerprint density at radius 3 is 2.43 bits per heavy atom. The number of benzene rings is 3. The van der Waals surface area contributed by atoms with Gasteiger partial charge >= 0.3 is 0 Å². The van der Waals surface area contributed by atoms with E-state index in [1.54, 1.807) is 4.90 Å². The summed E-state index contributed by atoms with van der Waals surface area (Å²) in [6.07, 6.45) is 0.619. The van der Waals surface area contributed by atoms with E-state index in [4.69, 9.17) is 12.2 Å². The van der Waals surface area contributed by atoms with Crippen molar-refractivity contribution in [3.8, 4) is 0 Å². The molecule has 0 radical (unpaired) electrons. The summed E-state index contributed by atoms with van der Waals surface area (Å²) in [5.41, 5.74) is 7.80. The van der Waals surface area contributed by atoms with Crippen LogP contribution in [-0.4, -0.2) is 26.9 Å². The van der Waals surface area contributed by atoms with E-state index in [9.17, 15) is 4.79 Å². The number of aromatic nitrogens is 1. The quantitative estimate of drug-likeness (QED) is 0.282. The van der Waals surface area contributed by atoms with E-state index < -0.39 is 0 Å². The van der Waals surface area contributed by atoms with Crippen LogP contribution in [0.15, 0.2) is 71.2 Å². The molecule has 2 aliphatic heterocycles. The van der Waals surface area contributed by atoms with E-state index in [0.29, 0.717) is 17.5 Å². The van der Waals surface area contributed by atoms with E-state index in [1.807, 2.05) is 37.3 Å². The summed E-state index contributed by atoms with van der Waals surface area (Å²) in [6.45, 7) is 6.45. The third-order valence-corrected chi connectivity index (χ3v) is 8.20. The number of rotatable bonds is 3. The Morgan fingerprint density at radius 1 is 1.03 bits per heavy atom. The van der Waals surface area contributed by atoms with E-state index in [2.05, 4.69) is 76.1 Å². The van der Waals surface area contributed by atoms with Gasteiger partial charge in [0.05, 0.1) is 11.7 Å². The second-order valence-corrected chi connectivity index (χ2v) is 11.1. The summed E-state index contributed by atoms with van der Waals surface area (Å²) >= 11 is 9.64. The molecule has 3 heterocycles. The zero-order valence-corrected chi connectivity index (χ0v) is 22.3. The molecule has 2 unspecified atom stereocenters. The molecule has 1 fully saturated rings.